The van der Waals surface area contributed by atoms with E-state index in [1.807, 2.05) is 12.1 Å². The Kier molecular flexibility index (Phi) is 5.93. The average Bonchev–Trinajstić information content (AvgIpc) is 3.18. The molecule has 1 heterocycles. The highest BCUT2D eigenvalue weighted by molar-refractivity contribution is 5.99. The first-order valence-electron chi connectivity index (χ1n) is 8.90. The molecule has 0 atom stereocenters. The topological polar surface area (TPSA) is 90.9 Å². The monoisotopic (exact) mass is 383 g/mol. The Morgan fingerprint density at radius 1 is 1.00 bits per heavy atom. The van der Waals surface area contributed by atoms with Crippen molar-refractivity contribution >= 4 is 17.7 Å². The predicted molar refractivity (Wildman–Crippen MR) is 101 cm³/mol. The highest BCUT2D eigenvalue weighted by atomic mass is 16.7. The van der Waals surface area contributed by atoms with Crippen LogP contribution in [0.5, 0.6) is 11.5 Å². The summed E-state index contributed by atoms with van der Waals surface area (Å²) < 4.78 is 15.3. The van der Waals surface area contributed by atoms with Crippen molar-refractivity contribution < 1.29 is 28.6 Å². The lowest BCUT2D eigenvalue weighted by atomic mass is 10.0. The molecule has 0 aromatic heterocycles. The fraction of sp³-hybridized carbons (Fsp3) is 0.286. The first-order valence-corrected chi connectivity index (χ1v) is 8.90. The molecule has 1 amide bonds. The second-order valence-electron chi connectivity index (χ2n) is 6.61. The quantitative estimate of drug-likeness (QED) is 0.584. The molecule has 0 aliphatic carbocycles. The number of ether oxygens (including phenoxy) is 3. The first-order chi connectivity index (χ1) is 13.4. The van der Waals surface area contributed by atoms with Crippen molar-refractivity contribution in [2.45, 2.75) is 19.8 Å². The Bertz CT molecular complexity index is 888. The number of carbonyl (C=O) groups excluding carboxylic acids is 3. The van der Waals surface area contributed by atoms with Gasteiger partial charge in [0.1, 0.15) is 6.54 Å². The Labute approximate surface area is 162 Å². The molecule has 2 aromatic rings. The van der Waals surface area contributed by atoms with Gasteiger partial charge in [0.05, 0.1) is 0 Å². The standard InChI is InChI=1S/C21H21NO6/c1-13(2)14-3-5-15(6-4-14)17(23)11-26-20(24)10-22-21(25)16-7-8-18-19(9-16)28-12-27-18/h3-9,13H,10-12H2,1-2H3,(H,22,25). The Morgan fingerprint density at radius 2 is 1.68 bits per heavy atom. The van der Waals surface area contributed by atoms with Crippen LogP contribution in [0, 0.1) is 0 Å². The zero-order chi connectivity index (χ0) is 20.1. The van der Waals surface area contributed by atoms with Crippen LogP contribution in [0.15, 0.2) is 42.5 Å². The van der Waals surface area contributed by atoms with Gasteiger partial charge in [0.25, 0.3) is 5.91 Å². The van der Waals surface area contributed by atoms with Gasteiger partial charge in [-0.1, -0.05) is 38.1 Å². The smallest absolute Gasteiger partial charge is 0.325 e. The van der Waals surface area contributed by atoms with Gasteiger partial charge < -0.3 is 19.5 Å². The molecule has 0 saturated heterocycles. The van der Waals surface area contributed by atoms with Gasteiger partial charge in [-0.3, -0.25) is 14.4 Å². The fourth-order valence-corrected chi connectivity index (χ4v) is 2.63. The van der Waals surface area contributed by atoms with Gasteiger partial charge in [-0.15, -0.1) is 0 Å². The summed E-state index contributed by atoms with van der Waals surface area (Å²) in [6, 6.07) is 11.9. The van der Waals surface area contributed by atoms with Crippen LogP contribution < -0.4 is 14.8 Å². The fourth-order valence-electron chi connectivity index (χ4n) is 2.63. The van der Waals surface area contributed by atoms with Crippen LogP contribution in [-0.4, -0.2) is 37.6 Å². The third kappa shape index (κ3) is 4.68. The van der Waals surface area contributed by atoms with Crippen molar-refractivity contribution in [3.63, 3.8) is 0 Å². The largest absolute Gasteiger partial charge is 0.456 e. The van der Waals surface area contributed by atoms with E-state index in [9.17, 15) is 14.4 Å². The van der Waals surface area contributed by atoms with Gasteiger partial charge in [-0.25, -0.2) is 0 Å². The second-order valence-corrected chi connectivity index (χ2v) is 6.61. The molecule has 0 unspecified atom stereocenters. The molecular weight excluding hydrogens is 362 g/mol. The van der Waals surface area contributed by atoms with Gasteiger partial charge in [0.15, 0.2) is 23.9 Å². The number of hydrogen-bond acceptors (Lipinski definition) is 6. The normalized spacial score (nSPS) is 12.0. The molecule has 146 valence electrons. The number of Topliss-reactive ketones (excluding diaryl/α,β-unsaturated/α-hetero) is 1. The minimum atomic E-state index is -0.693. The van der Waals surface area contributed by atoms with Crippen molar-refractivity contribution in [1.29, 1.82) is 0 Å². The summed E-state index contributed by atoms with van der Waals surface area (Å²) in [4.78, 5) is 36.0. The summed E-state index contributed by atoms with van der Waals surface area (Å²) >= 11 is 0. The maximum Gasteiger partial charge on any atom is 0.325 e. The number of hydrogen-bond donors (Lipinski definition) is 1. The van der Waals surface area contributed by atoms with Crippen LogP contribution in [0.4, 0.5) is 0 Å². The Hall–Kier alpha value is -3.35. The van der Waals surface area contributed by atoms with Gasteiger partial charge in [0.2, 0.25) is 6.79 Å². The number of benzene rings is 2. The van der Waals surface area contributed by atoms with E-state index in [1.165, 1.54) is 6.07 Å². The number of carbonyl (C=O) groups is 3. The molecule has 0 saturated carbocycles. The minimum absolute atomic E-state index is 0.112. The van der Waals surface area contributed by atoms with Gasteiger partial charge >= 0.3 is 5.97 Å². The number of esters is 1. The van der Waals surface area contributed by atoms with Crippen molar-refractivity contribution in [2.24, 2.45) is 0 Å². The lowest BCUT2D eigenvalue weighted by molar-refractivity contribution is -0.141. The van der Waals surface area contributed by atoms with Crippen LogP contribution in [0.25, 0.3) is 0 Å². The van der Waals surface area contributed by atoms with E-state index in [-0.39, 0.29) is 25.7 Å². The van der Waals surface area contributed by atoms with Crippen molar-refractivity contribution in [1.82, 2.24) is 5.32 Å². The minimum Gasteiger partial charge on any atom is -0.456 e. The van der Waals surface area contributed by atoms with E-state index >= 15 is 0 Å². The molecular formula is C21H21NO6. The lowest BCUT2D eigenvalue weighted by Gasteiger charge is -2.08. The number of fused-ring (bicyclic) bond motifs is 1. The van der Waals surface area contributed by atoms with E-state index in [1.54, 1.807) is 24.3 Å². The van der Waals surface area contributed by atoms with Crippen LogP contribution in [0.1, 0.15) is 46.0 Å². The van der Waals surface area contributed by atoms with Crippen LogP contribution >= 0.6 is 0 Å². The summed E-state index contributed by atoms with van der Waals surface area (Å²) in [6.07, 6.45) is 0. The van der Waals surface area contributed by atoms with E-state index in [0.29, 0.717) is 28.5 Å². The second kappa shape index (κ2) is 8.56. The summed E-state index contributed by atoms with van der Waals surface area (Å²) in [5, 5.41) is 2.45. The van der Waals surface area contributed by atoms with E-state index in [4.69, 9.17) is 14.2 Å². The van der Waals surface area contributed by atoms with Crippen LogP contribution in [0.3, 0.4) is 0 Å². The van der Waals surface area contributed by atoms with E-state index in [0.717, 1.165) is 5.56 Å². The van der Waals surface area contributed by atoms with Crippen LogP contribution in [0.2, 0.25) is 0 Å². The molecule has 1 N–H and O–H groups in total. The Balaban J connectivity index is 1.45. The summed E-state index contributed by atoms with van der Waals surface area (Å²) in [5.41, 5.74) is 1.93. The number of nitrogens with one attached hydrogen (secondary N) is 1. The molecule has 0 bridgehead atoms. The third-order valence-electron chi connectivity index (χ3n) is 4.29. The van der Waals surface area contributed by atoms with Crippen LogP contribution in [-0.2, 0) is 9.53 Å². The average molecular weight is 383 g/mol. The molecule has 3 rings (SSSR count). The highest BCUT2D eigenvalue weighted by Gasteiger charge is 2.17. The molecule has 1 aliphatic heterocycles. The highest BCUT2D eigenvalue weighted by Crippen LogP contribution is 2.32. The van der Waals surface area contributed by atoms with Crippen molar-refractivity contribution in [2.75, 3.05) is 19.9 Å². The van der Waals surface area contributed by atoms with Crippen molar-refractivity contribution in [3.05, 3.63) is 59.2 Å². The molecule has 0 fully saturated rings. The first kappa shape index (κ1) is 19.4. The summed E-state index contributed by atoms with van der Waals surface area (Å²) in [7, 11) is 0. The predicted octanol–water partition coefficient (Wildman–Crippen LogP) is 2.69. The number of rotatable bonds is 7. The molecule has 2 aromatic carbocycles. The summed E-state index contributed by atoms with van der Waals surface area (Å²) in [5.74, 6) is -0.0339. The number of ketones is 1. The molecule has 7 nitrogen and oxygen atoms in total. The Morgan fingerprint density at radius 3 is 2.39 bits per heavy atom. The summed E-state index contributed by atoms with van der Waals surface area (Å²) in [6.45, 7) is 3.53. The zero-order valence-corrected chi connectivity index (χ0v) is 15.7. The zero-order valence-electron chi connectivity index (χ0n) is 15.7. The van der Waals surface area contributed by atoms with Gasteiger partial charge in [-0.2, -0.15) is 0 Å². The maximum absolute atomic E-state index is 12.1. The molecule has 0 spiro atoms. The van der Waals surface area contributed by atoms with Gasteiger partial charge in [-0.05, 0) is 29.7 Å². The third-order valence-corrected chi connectivity index (χ3v) is 4.29. The number of amides is 1. The molecule has 1 aliphatic rings. The SMILES string of the molecule is CC(C)c1ccc(C(=O)COC(=O)CNC(=O)c2ccc3c(c2)OCO3)cc1. The molecule has 28 heavy (non-hydrogen) atoms. The van der Waals surface area contributed by atoms with Gasteiger partial charge in [0, 0.05) is 11.1 Å². The van der Waals surface area contributed by atoms with Crippen molar-refractivity contribution in [3.8, 4) is 11.5 Å². The van der Waals surface area contributed by atoms with E-state index < -0.39 is 11.9 Å². The molecule has 7 heteroatoms. The molecule has 0 radical (unpaired) electrons. The van der Waals surface area contributed by atoms with E-state index in [2.05, 4.69) is 19.2 Å². The lowest BCUT2D eigenvalue weighted by Crippen LogP contribution is -2.31. The maximum atomic E-state index is 12.1.